The SMILES string of the molecule is Cc1ccc2oc(CC#N)nc2c1. The third kappa shape index (κ3) is 1.38. The summed E-state index contributed by atoms with van der Waals surface area (Å²) < 4.78 is 5.33. The average Bonchev–Trinajstić information content (AvgIpc) is 2.46. The highest BCUT2D eigenvalue weighted by atomic mass is 16.3. The molecule has 2 rings (SSSR count). The number of aryl methyl sites for hydroxylation is 1. The van der Waals surface area contributed by atoms with Gasteiger partial charge in [-0.05, 0) is 24.6 Å². The van der Waals surface area contributed by atoms with Gasteiger partial charge in [0.15, 0.2) is 5.58 Å². The van der Waals surface area contributed by atoms with E-state index in [1.165, 1.54) is 0 Å². The molecule has 0 amide bonds. The van der Waals surface area contributed by atoms with Crippen LogP contribution in [0.15, 0.2) is 22.6 Å². The predicted molar refractivity (Wildman–Crippen MR) is 48.1 cm³/mol. The van der Waals surface area contributed by atoms with Crippen molar-refractivity contribution in [2.75, 3.05) is 0 Å². The highest BCUT2D eigenvalue weighted by Crippen LogP contribution is 2.16. The van der Waals surface area contributed by atoms with Crippen LogP contribution in [0.25, 0.3) is 11.1 Å². The zero-order chi connectivity index (χ0) is 9.26. The van der Waals surface area contributed by atoms with E-state index in [1.807, 2.05) is 31.2 Å². The quantitative estimate of drug-likeness (QED) is 0.662. The van der Waals surface area contributed by atoms with Gasteiger partial charge in [-0.1, -0.05) is 6.07 Å². The topological polar surface area (TPSA) is 49.8 Å². The lowest BCUT2D eigenvalue weighted by molar-refractivity contribution is 0.548. The van der Waals surface area contributed by atoms with Gasteiger partial charge in [0.1, 0.15) is 11.9 Å². The van der Waals surface area contributed by atoms with Gasteiger partial charge < -0.3 is 4.42 Å². The van der Waals surface area contributed by atoms with Crippen molar-refractivity contribution in [1.29, 1.82) is 5.26 Å². The van der Waals surface area contributed by atoms with Crippen molar-refractivity contribution in [1.82, 2.24) is 4.98 Å². The second-order valence-electron chi connectivity index (χ2n) is 2.91. The summed E-state index contributed by atoms with van der Waals surface area (Å²) in [5.74, 6) is 0.489. The number of hydrogen-bond donors (Lipinski definition) is 0. The first-order chi connectivity index (χ1) is 6.29. The third-order valence-electron chi connectivity index (χ3n) is 1.82. The molecular formula is C10H8N2O. The molecule has 0 N–H and O–H groups in total. The van der Waals surface area contributed by atoms with Crippen molar-refractivity contribution in [3.63, 3.8) is 0 Å². The predicted octanol–water partition coefficient (Wildman–Crippen LogP) is 2.20. The van der Waals surface area contributed by atoms with Crippen molar-refractivity contribution in [2.45, 2.75) is 13.3 Å². The van der Waals surface area contributed by atoms with E-state index in [1.54, 1.807) is 0 Å². The van der Waals surface area contributed by atoms with Crippen molar-refractivity contribution in [3.05, 3.63) is 29.7 Å². The Labute approximate surface area is 75.6 Å². The van der Waals surface area contributed by atoms with Crippen molar-refractivity contribution in [2.24, 2.45) is 0 Å². The summed E-state index contributed by atoms with van der Waals surface area (Å²) in [4.78, 5) is 4.17. The highest BCUT2D eigenvalue weighted by molar-refractivity contribution is 5.73. The summed E-state index contributed by atoms with van der Waals surface area (Å²) in [5.41, 5.74) is 2.71. The maximum atomic E-state index is 8.45. The number of aromatic nitrogens is 1. The second-order valence-corrected chi connectivity index (χ2v) is 2.91. The monoisotopic (exact) mass is 172 g/mol. The normalized spacial score (nSPS) is 10.2. The van der Waals surface area contributed by atoms with Crippen LogP contribution in [0.4, 0.5) is 0 Å². The van der Waals surface area contributed by atoms with Crippen LogP contribution >= 0.6 is 0 Å². The van der Waals surface area contributed by atoms with Gasteiger partial charge in [-0.25, -0.2) is 4.98 Å². The maximum absolute atomic E-state index is 8.45. The van der Waals surface area contributed by atoms with E-state index in [0.717, 1.165) is 16.7 Å². The zero-order valence-corrected chi connectivity index (χ0v) is 7.24. The maximum Gasteiger partial charge on any atom is 0.209 e. The third-order valence-corrected chi connectivity index (χ3v) is 1.82. The van der Waals surface area contributed by atoms with Crippen LogP contribution in [0.5, 0.6) is 0 Å². The van der Waals surface area contributed by atoms with E-state index in [4.69, 9.17) is 9.68 Å². The molecule has 1 aromatic heterocycles. The minimum atomic E-state index is 0.230. The Bertz CT molecular complexity index is 479. The van der Waals surface area contributed by atoms with E-state index in [9.17, 15) is 0 Å². The highest BCUT2D eigenvalue weighted by Gasteiger charge is 2.04. The number of fused-ring (bicyclic) bond motifs is 1. The van der Waals surface area contributed by atoms with Crippen LogP contribution in [0.1, 0.15) is 11.5 Å². The Hall–Kier alpha value is -1.82. The Morgan fingerprint density at radius 1 is 1.54 bits per heavy atom. The molecule has 0 atom stereocenters. The molecule has 64 valence electrons. The van der Waals surface area contributed by atoms with Gasteiger partial charge in [-0.2, -0.15) is 5.26 Å². The summed E-state index contributed by atoms with van der Waals surface area (Å²) in [6.45, 7) is 2.00. The van der Waals surface area contributed by atoms with Crippen molar-refractivity contribution in [3.8, 4) is 6.07 Å². The Kier molecular flexibility index (Phi) is 1.75. The summed E-state index contributed by atoms with van der Waals surface area (Å²) in [7, 11) is 0. The molecule has 2 aromatic rings. The molecule has 0 aliphatic heterocycles. The fourth-order valence-electron chi connectivity index (χ4n) is 1.23. The van der Waals surface area contributed by atoms with Crippen LogP contribution in [0, 0.1) is 18.3 Å². The lowest BCUT2D eigenvalue weighted by atomic mass is 10.2. The molecule has 3 nitrogen and oxygen atoms in total. The molecule has 1 heterocycles. The van der Waals surface area contributed by atoms with Crippen LogP contribution in [-0.2, 0) is 6.42 Å². The van der Waals surface area contributed by atoms with Gasteiger partial charge >= 0.3 is 0 Å². The van der Waals surface area contributed by atoms with E-state index in [2.05, 4.69) is 4.98 Å². The number of hydrogen-bond acceptors (Lipinski definition) is 3. The van der Waals surface area contributed by atoms with E-state index in [0.29, 0.717) is 5.89 Å². The molecule has 0 bridgehead atoms. The summed E-state index contributed by atoms with van der Waals surface area (Å²) in [6.07, 6.45) is 0.230. The van der Waals surface area contributed by atoms with Crippen LogP contribution in [0.3, 0.4) is 0 Å². The summed E-state index contributed by atoms with van der Waals surface area (Å²) in [5, 5.41) is 8.45. The Morgan fingerprint density at radius 2 is 2.38 bits per heavy atom. The second kappa shape index (κ2) is 2.91. The molecule has 0 saturated carbocycles. The largest absolute Gasteiger partial charge is 0.440 e. The van der Waals surface area contributed by atoms with Crippen molar-refractivity contribution < 1.29 is 4.42 Å². The Morgan fingerprint density at radius 3 is 3.15 bits per heavy atom. The minimum absolute atomic E-state index is 0.230. The van der Waals surface area contributed by atoms with E-state index >= 15 is 0 Å². The lowest BCUT2D eigenvalue weighted by Crippen LogP contribution is -1.78. The van der Waals surface area contributed by atoms with Gasteiger partial charge in [0.2, 0.25) is 5.89 Å². The molecule has 0 saturated heterocycles. The fraction of sp³-hybridized carbons (Fsp3) is 0.200. The van der Waals surface area contributed by atoms with Crippen LogP contribution in [-0.4, -0.2) is 4.98 Å². The van der Waals surface area contributed by atoms with Crippen LogP contribution in [0.2, 0.25) is 0 Å². The molecule has 1 aromatic carbocycles. The first-order valence-corrected chi connectivity index (χ1v) is 4.02. The lowest BCUT2D eigenvalue weighted by Gasteiger charge is -1.87. The molecule has 0 aliphatic rings. The van der Waals surface area contributed by atoms with Gasteiger partial charge in [-0.15, -0.1) is 0 Å². The molecule has 0 aliphatic carbocycles. The fourth-order valence-corrected chi connectivity index (χ4v) is 1.23. The molecule has 13 heavy (non-hydrogen) atoms. The molecule has 0 spiro atoms. The molecule has 3 heteroatoms. The smallest absolute Gasteiger partial charge is 0.209 e. The number of oxazole rings is 1. The first kappa shape index (κ1) is 7.81. The van der Waals surface area contributed by atoms with E-state index < -0.39 is 0 Å². The van der Waals surface area contributed by atoms with Crippen molar-refractivity contribution >= 4 is 11.1 Å². The molecular weight excluding hydrogens is 164 g/mol. The number of benzene rings is 1. The van der Waals surface area contributed by atoms with E-state index in [-0.39, 0.29) is 6.42 Å². The summed E-state index contributed by atoms with van der Waals surface area (Å²) in [6, 6.07) is 7.78. The van der Waals surface area contributed by atoms with Crippen LogP contribution < -0.4 is 0 Å². The summed E-state index contributed by atoms with van der Waals surface area (Å²) >= 11 is 0. The van der Waals surface area contributed by atoms with Gasteiger partial charge in [0.25, 0.3) is 0 Å². The molecule has 0 fully saturated rings. The first-order valence-electron chi connectivity index (χ1n) is 4.02. The number of rotatable bonds is 1. The Balaban J connectivity index is 2.57. The van der Waals surface area contributed by atoms with Gasteiger partial charge in [-0.3, -0.25) is 0 Å². The molecule has 0 radical (unpaired) electrons. The standard InChI is InChI=1S/C10H8N2O/c1-7-2-3-9-8(6-7)12-10(13-9)4-5-11/h2-3,6H,4H2,1H3. The number of nitriles is 1. The average molecular weight is 172 g/mol. The van der Waals surface area contributed by atoms with Gasteiger partial charge in [0.05, 0.1) is 6.07 Å². The van der Waals surface area contributed by atoms with Gasteiger partial charge in [0, 0.05) is 0 Å². The number of nitrogens with zero attached hydrogens (tertiary/aromatic N) is 2. The molecule has 0 unspecified atom stereocenters. The zero-order valence-electron chi connectivity index (χ0n) is 7.24. The minimum Gasteiger partial charge on any atom is -0.440 e.